The quantitative estimate of drug-likeness (QED) is 0.580. The molecule has 3 rings (SSSR count). The van der Waals surface area contributed by atoms with Crippen LogP contribution in [0.25, 0.3) is 0 Å². The fourth-order valence-electron chi connectivity index (χ4n) is 4.18. The molecule has 1 aliphatic rings. The van der Waals surface area contributed by atoms with E-state index in [0.29, 0.717) is 12.0 Å². The van der Waals surface area contributed by atoms with Crippen LogP contribution < -0.4 is 10.0 Å². The Kier molecular flexibility index (Phi) is 8.38. The second-order valence-electron chi connectivity index (χ2n) is 8.81. The van der Waals surface area contributed by atoms with Crippen LogP contribution in [-0.4, -0.2) is 38.4 Å². The number of carbonyl (C=O) groups excluding carboxylic acids is 1. The Balaban J connectivity index is 1.64. The van der Waals surface area contributed by atoms with E-state index in [9.17, 15) is 26.4 Å². The number of sulfonamides is 1. The third-order valence-electron chi connectivity index (χ3n) is 5.91. The van der Waals surface area contributed by atoms with E-state index in [2.05, 4.69) is 21.9 Å². The molecule has 0 spiro atoms. The smallest absolute Gasteiger partial charge is 0.351 e. The summed E-state index contributed by atoms with van der Waals surface area (Å²) < 4.78 is 67.0. The predicted molar refractivity (Wildman–Crippen MR) is 123 cm³/mol. The van der Waals surface area contributed by atoms with Gasteiger partial charge in [0.05, 0.1) is 16.5 Å². The van der Waals surface area contributed by atoms with Crippen molar-refractivity contribution >= 4 is 15.9 Å². The van der Waals surface area contributed by atoms with Crippen LogP contribution >= 0.6 is 0 Å². The number of halogens is 3. The molecule has 186 valence electrons. The first-order chi connectivity index (χ1) is 16.0. The zero-order valence-corrected chi connectivity index (χ0v) is 20.0. The van der Waals surface area contributed by atoms with Crippen molar-refractivity contribution in [2.75, 3.05) is 13.1 Å². The summed E-state index contributed by atoms with van der Waals surface area (Å²) in [6.07, 6.45) is -2.47. The van der Waals surface area contributed by atoms with E-state index in [-0.39, 0.29) is 6.54 Å². The van der Waals surface area contributed by atoms with Gasteiger partial charge in [-0.05, 0) is 55.5 Å². The Morgan fingerprint density at radius 1 is 1.12 bits per heavy atom. The fraction of sp³-hybridized carbons (Fsp3) is 0.458. The Morgan fingerprint density at radius 3 is 2.44 bits per heavy atom. The monoisotopic (exact) mass is 497 g/mol. The average molecular weight is 498 g/mol. The van der Waals surface area contributed by atoms with Crippen LogP contribution in [0.3, 0.4) is 0 Å². The lowest BCUT2D eigenvalue weighted by Crippen LogP contribution is -2.45. The molecule has 0 aliphatic carbocycles. The van der Waals surface area contributed by atoms with Crippen molar-refractivity contribution in [2.24, 2.45) is 5.92 Å². The van der Waals surface area contributed by atoms with Gasteiger partial charge in [0.2, 0.25) is 15.9 Å². The van der Waals surface area contributed by atoms with Crippen LogP contribution in [0.1, 0.15) is 43.4 Å². The van der Waals surface area contributed by atoms with Crippen molar-refractivity contribution in [3.8, 4) is 0 Å². The molecular weight excluding hydrogens is 467 g/mol. The maximum atomic E-state index is 13.2. The summed E-state index contributed by atoms with van der Waals surface area (Å²) in [5, 5.41) is 2.70. The molecule has 0 saturated carbocycles. The summed E-state index contributed by atoms with van der Waals surface area (Å²) >= 11 is 0. The Morgan fingerprint density at radius 2 is 1.76 bits per heavy atom. The van der Waals surface area contributed by atoms with Crippen molar-refractivity contribution in [1.29, 1.82) is 0 Å². The van der Waals surface area contributed by atoms with Gasteiger partial charge >= 0.3 is 6.18 Å². The standard InChI is InChI=1S/C24H30F3N3O3S/c1-17-8-7-13-30(15-17)16-20-10-4-3-9-19(20)14-28-23(31)18(2)29-34(32,33)22-12-6-5-11-21(22)24(25,26)27/h3-6,9-12,17-18,29H,7-8,13-16H2,1-2H3,(H,28,31)/t17?,18-/m0/s1. The minimum absolute atomic E-state index is 0.184. The van der Waals surface area contributed by atoms with E-state index >= 15 is 0 Å². The maximum Gasteiger partial charge on any atom is 0.417 e. The van der Waals surface area contributed by atoms with Gasteiger partial charge in [-0.1, -0.05) is 43.3 Å². The van der Waals surface area contributed by atoms with E-state index in [1.807, 2.05) is 24.3 Å². The molecule has 1 fully saturated rings. The van der Waals surface area contributed by atoms with Crippen LogP contribution in [0.4, 0.5) is 13.2 Å². The molecule has 1 aliphatic heterocycles. The third kappa shape index (κ3) is 6.80. The number of rotatable bonds is 8. The molecule has 10 heteroatoms. The van der Waals surface area contributed by atoms with Crippen molar-refractivity contribution in [3.63, 3.8) is 0 Å². The Bertz CT molecular complexity index is 1110. The van der Waals surface area contributed by atoms with Gasteiger partial charge in [0.15, 0.2) is 0 Å². The normalized spacial score (nSPS) is 18.4. The first kappa shape index (κ1) is 26.2. The number of nitrogens with one attached hydrogen (secondary N) is 2. The second kappa shape index (κ2) is 10.9. The topological polar surface area (TPSA) is 78.5 Å². The van der Waals surface area contributed by atoms with Gasteiger partial charge < -0.3 is 5.32 Å². The van der Waals surface area contributed by atoms with Crippen LogP contribution in [0.2, 0.25) is 0 Å². The highest BCUT2D eigenvalue weighted by Crippen LogP contribution is 2.33. The number of amides is 1. The van der Waals surface area contributed by atoms with Crippen molar-refractivity contribution < 1.29 is 26.4 Å². The van der Waals surface area contributed by atoms with Crippen molar-refractivity contribution in [3.05, 3.63) is 65.2 Å². The summed E-state index contributed by atoms with van der Waals surface area (Å²) in [5.41, 5.74) is 0.701. The van der Waals surface area contributed by atoms with Gasteiger partial charge in [-0.3, -0.25) is 9.69 Å². The number of likely N-dealkylation sites (tertiary alicyclic amines) is 1. The summed E-state index contributed by atoms with van der Waals surface area (Å²) in [5.74, 6) is 0.00595. The molecule has 0 radical (unpaired) electrons. The number of hydrogen-bond donors (Lipinski definition) is 2. The van der Waals surface area contributed by atoms with E-state index in [1.165, 1.54) is 19.4 Å². The van der Waals surface area contributed by atoms with Crippen LogP contribution in [-0.2, 0) is 34.1 Å². The molecule has 0 bridgehead atoms. The highest BCUT2D eigenvalue weighted by atomic mass is 32.2. The van der Waals surface area contributed by atoms with Gasteiger partial charge in [-0.15, -0.1) is 0 Å². The number of alkyl halides is 3. The summed E-state index contributed by atoms with van der Waals surface area (Å²) in [7, 11) is -4.57. The number of benzene rings is 2. The number of nitrogens with zero attached hydrogens (tertiary/aromatic N) is 1. The molecule has 1 heterocycles. The Labute approximate surface area is 198 Å². The van der Waals surface area contributed by atoms with Crippen molar-refractivity contribution in [2.45, 2.75) is 56.9 Å². The molecular formula is C24H30F3N3O3S. The molecule has 2 atom stereocenters. The first-order valence-electron chi connectivity index (χ1n) is 11.2. The van der Waals surface area contributed by atoms with E-state index in [4.69, 9.17) is 0 Å². The lowest BCUT2D eigenvalue weighted by atomic mass is 9.99. The molecule has 2 N–H and O–H groups in total. The second-order valence-corrected chi connectivity index (χ2v) is 10.5. The molecule has 6 nitrogen and oxygen atoms in total. The van der Waals surface area contributed by atoms with Crippen LogP contribution in [0, 0.1) is 5.92 Å². The van der Waals surface area contributed by atoms with E-state index < -0.39 is 38.6 Å². The summed E-state index contributed by atoms with van der Waals surface area (Å²) in [4.78, 5) is 14.0. The Hall–Kier alpha value is -2.43. The summed E-state index contributed by atoms with van der Waals surface area (Å²) in [6.45, 7) is 6.50. The van der Waals surface area contributed by atoms with Gasteiger partial charge in [0, 0.05) is 19.6 Å². The largest absolute Gasteiger partial charge is 0.417 e. The highest BCUT2D eigenvalue weighted by Gasteiger charge is 2.37. The predicted octanol–water partition coefficient (Wildman–Crippen LogP) is 3.92. The van der Waals surface area contributed by atoms with Gasteiger partial charge in [0.1, 0.15) is 0 Å². The number of piperidine rings is 1. The zero-order valence-electron chi connectivity index (χ0n) is 19.2. The third-order valence-corrected chi connectivity index (χ3v) is 7.51. The highest BCUT2D eigenvalue weighted by molar-refractivity contribution is 7.89. The lowest BCUT2D eigenvalue weighted by Gasteiger charge is -2.31. The minimum Gasteiger partial charge on any atom is -0.351 e. The van der Waals surface area contributed by atoms with Gasteiger partial charge in [-0.25, -0.2) is 8.42 Å². The molecule has 1 saturated heterocycles. The minimum atomic E-state index is -4.84. The van der Waals surface area contributed by atoms with Crippen molar-refractivity contribution in [1.82, 2.24) is 14.9 Å². The van der Waals surface area contributed by atoms with Crippen LogP contribution in [0.15, 0.2) is 53.4 Å². The molecule has 34 heavy (non-hydrogen) atoms. The molecule has 1 amide bonds. The average Bonchev–Trinajstić information content (AvgIpc) is 2.77. The van der Waals surface area contributed by atoms with Crippen LogP contribution in [0.5, 0.6) is 0 Å². The molecule has 0 aromatic heterocycles. The SMILES string of the molecule is CC1CCCN(Cc2ccccc2CNC(=O)[C@H](C)NS(=O)(=O)c2ccccc2C(F)(F)F)C1. The van der Waals surface area contributed by atoms with Gasteiger partial charge in [-0.2, -0.15) is 17.9 Å². The van der Waals surface area contributed by atoms with Gasteiger partial charge in [0.25, 0.3) is 0 Å². The molecule has 1 unspecified atom stereocenters. The molecule has 2 aromatic carbocycles. The molecule has 2 aromatic rings. The first-order valence-corrected chi connectivity index (χ1v) is 12.7. The fourth-order valence-corrected chi connectivity index (χ4v) is 5.61. The number of hydrogen-bond acceptors (Lipinski definition) is 4. The lowest BCUT2D eigenvalue weighted by molar-refractivity contribution is -0.139. The maximum absolute atomic E-state index is 13.2. The van der Waals surface area contributed by atoms with E-state index in [1.54, 1.807) is 0 Å². The summed E-state index contributed by atoms with van der Waals surface area (Å²) in [6, 6.07) is 10.3. The number of carbonyl (C=O) groups is 1. The zero-order chi connectivity index (χ0) is 24.9. The van der Waals surface area contributed by atoms with E-state index in [0.717, 1.165) is 49.3 Å².